The summed E-state index contributed by atoms with van der Waals surface area (Å²) in [6, 6.07) is 17.4. The molecule has 2 aromatic heterocycles. The van der Waals surface area contributed by atoms with Crippen LogP contribution in [0.3, 0.4) is 0 Å². The van der Waals surface area contributed by atoms with E-state index >= 15 is 0 Å². The summed E-state index contributed by atoms with van der Waals surface area (Å²) in [5.74, 6) is -0.669. The minimum atomic E-state index is -0.360. The van der Waals surface area contributed by atoms with Gasteiger partial charge in [-0.25, -0.2) is 0 Å². The number of esters is 1. The van der Waals surface area contributed by atoms with E-state index < -0.39 is 0 Å². The van der Waals surface area contributed by atoms with E-state index in [9.17, 15) is 9.59 Å². The van der Waals surface area contributed by atoms with Gasteiger partial charge < -0.3 is 10.1 Å². The molecule has 1 amide bonds. The van der Waals surface area contributed by atoms with Crippen molar-refractivity contribution in [2.24, 2.45) is 0 Å². The van der Waals surface area contributed by atoms with Crippen LogP contribution in [0.25, 0.3) is 0 Å². The minimum absolute atomic E-state index is 0.242. The lowest BCUT2D eigenvalue weighted by Crippen LogP contribution is -2.32. The van der Waals surface area contributed by atoms with E-state index in [0.29, 0.717) is 6.42 Å². The molecule has 0 aliphatic carbocycles. The van der Waals surface area contributed by atoms with Crippen LogP contribution >= 0.6 is 22.7 Å². The van der Waals surface area contributed by atoms with Gasteiger partial charge in [-0.05, 0) is 34.9 Å². The van der Waals surface area contributed by atoms with Crippen LogP contribution in [0.15, 0.2) is 65.4 Å². The highest BCUT2D eigenvalue weighted by Gasteiger charge is 2.18. The number of carbonyl (C=O) groups excluding carboxylic acids is 2. The van der Waals surface area contributed by atoms with Crippen molar-refractivity contribution in [3.05, 3.63) is 80.7 Å². The minimum Gasteiger partial charge on any atom is -0.456 e. The van der Waals surface area contributed by atoms with Gasteiger partial charge in [0.25, 0.3) is 5.91 Å². The Morgan fingerprint density at radius 3 is 2.42 bits per heavy atom. The third kappa shape index (κ3) is 5.28. The molecule has 0 radical (unpaired) electrons. The Morgan fingerprint density at radius 1 is 0.962 bits per heavy atom. The summed E-state index contributed by atoms with van der Waals surface area (Å²) >= 11 is 3.19. The largest absolute Gasteiger partial charge is 0.456 e. The smallest absolute Gasteiger partial charge is 0.306 e. The number of amides is 1. The van der Waals surface area contributed by atoms with Gasteiger partial charge in [0.1, 0.15) is 0 Å². The van der Waals surface area contributed by atoms with Crippen LogP contribution in [0, 0.1) is 0 Å². The highest BCUT2D eigenvalue weighted by atomic mass is 32.1. The first kappa shape index (κ1) is 18.4. The number of hydrogen-bond donors (Lipinski definition) is 1. The molecule has 0 unspecified atom stereocenters. The van der Waals surface area contributed by atoms with Crippen LogP contribution in [0.5, 0.6) is 0 Å². The molecule has 3 aromatic rings. The predicted molar refractivity (Wildman–Crippen MR) is 104 cm³/mol. The predicted octanol–water partition coefficient (Wildman–Crippen LogP) is 4.19. The summed E-state index contributed by atoms with van der Waals surface area (Å²) < 4.78 is 5.11. The molecule has 3 rings (SSSR count). The fraction of sp³-hybridized carbons (Fsp3) is 0.200. The number of hydrogen-bond acceptors (Lipinski definition) is 5. The highest BCUT2D eigenvalue weighted by Crippen LogP contribution is 2.25. The summed E-state index contributed by atoms with van der Waals surface area (Å²) in [4.78, 5) is 26.3. The van der Waals surface area contributed by atoms with Crippen LogP contribution in [0.4, 0.5) is 0 Å². The van der Waals surface area contributed by atoms with E-state index in [4.69, 9.17) is 4.74 Å². The number of benzene rings is 1. The molecule has 0 spiro atoms. The van der Waals surface area contributed by atoms with Crippen molar-refractivity contribution in [2.45, 2.75) is 18.9 Å². The highest BCUT2D eigenvalue weighted by molar-refractivity contribution is 7.10. The van der Waals surface area contributed by atoms with Crippen molar-refractivity contribution in [3.8, 4) is 0 Å². The molecule has 0 fully saturated rings. The quantitative estimate of drug-likeness (QED) is 0.592. The first-order chi connectivity index (χ1) is 12.7. The van der Waals surface area contributed by atoms with Crippen molar-refractivity contribution in [3.63, 3.8) is 0 Å². The van der Waals surface area contributed by atoms with Gasteiger partial charge in [0.2, 0.25) is 0 Å². The summed E-state index contributed by atoms with van der Waals surface area (Å²) in [6.45, 7) is -0.266. The molecule has 1 aromatic carbocycles. The van der Waals surface area contributed by atoms with E-state index in [1.54, 1.807) is 22.7 Å². The normalized spacial score (nSPS) is 11.7. The molecule has 0 saturated heterocycles. The molecular formula is C20H19NO3S2. The van der Waals surface area contributed by atoms with E-state index in [1.165, 1.54) is 0 Å². The fourth-order valence-electron chi connectivity index (χ4n) is 2.52. The zero-order valence-electron chi connectivity index (χ0n) is 14.1. The lowest BCUT2D eigenvalue weighted by Gasteiger charge is -2.18. The first-order valence-corrected chi connectivity index (χ1v) is 10.0. The summed E-state index contributed by atoms with van der Waals surface area (Å²) in [6.07, 6.45) is 0.917. The Balaban J connectivity index is 1.52. The standard InChI is InChI=1S/C20H19NO3S2/c22-18(14-24-19(23)11-10-16-8-4-12-25-16)21-20(17-9-5-13-26-17)15-6-2-1-3-7-15/h1-9,12-13,20H,10-11,14H2,(H,21,22)/t20-/m0/s1. The number of nitrogens with one attached hydrogen (secondary N) is 1. The van der Waals surface area contributed by atoms with Crippen LogP contribution in [-0.2, 0) is 20.7 Å². The molecule has 0 aliphatic rings. The average molecular weight is 386 g/mol. The molecule has 0 bridgehead atoms. The molecule has 134 valence electrons. The van der Waals surface area contributed by atoms with E-state index in [-0.39, 0.29) is 30.9 Å². The molecule has 0 saturated carbocycles. The van der Waals surface area contributed by atoms with Gasteiger partial charge in [0, 0.05) is 9.75 Å². The van der Waals surface area contributed by atoms with Crippen molar-refractivity contribution in [2.75, 3.05) is 6.61 Å². The second kappa shape index (κ2) is 9.31. The van der Waals surface area contributed by atoms with E-state index in [0.717, 1.165) is 15.3 Å². The van der Waals surface area contributed by atoms with Crippen LogP contribution in [-0.4, -0.2) is 18.5 Å². The van der Waals surface area contributed by atoms with Gasteiger partial charge in [-0.1, -0.05) is 42.5 Å². The third-order valence-electron chi connectivity index (χ3n) is 3.79. The Kier molecular flexibility index (Phi) is 6.57. The zero-order chi connectivity index (χ0) is 18.2. The van der Waals surface area contributed by atoms with Gasteiger partial charge in [-0.3, -0.25) is 9.59 Å². The van der Waals surface area contributed by atoms with Gasteiger partial charge in [-0.2, -0.15) is 0 Å². The zero-order valence-corrected chi connectivity index (χ0v) is 15.7. The fourth-order valence-corrected chi connectivity index (χ4v) is 4.03. The molecule has 2 heterocycles. The monoisotopic (exact) mass is 385 g/mol. The molecule has 1 N–H and O–H groups in total. The Morgan fingerprint density at radius 2 is 1.73 bits per heavy atom. The van der Waals surface area contributed by atoms with E-state index in [2.05, 4.69) is 5.32 Å². The Labute approximate surface area is 160 Å². The van der Waals surface area contributed by atoms with Crippen LogP contribution < -0.4 is 5.32 Å². The van der Waals surface area contributed by atoms with Crippen LogP contribution in [0.2, 0.25) is 0 Å². The lowest BCUT2D eigenvalue weighted by atomic mass is 10.1. The topological polar surface area (TPSA) is 55.4 Å². The molecule has 6 heteroatoms. The Bertz CT molecular complexity index is 814. The second-order valence-corrected chi connectivity index (χ2v) is 7.68. The molecule has 0 aliphatic heterocycles. The van der Waals surface area contributed by atoms with E-state index in [1.807, 2.05) is 65.4 Å². The molecule has 26 heavy (non-hydrogen) atoms. The molecular weight excluding hydrogens is 366 g/mol. The summed E-state index contributed by atoms with van der Waals surface area (Å²) in [7, 11) is 0. The van der Waals surface area contributed by atoms with Crippen LogP contribution in [0.1, 0.15) is 27.8 Å². The van der Waals surface area contributed by atoms with Gasteiger partial charge in [-0.15, -0.1) is 22.7 Å². The maximum atomic E-state index is 12.3. The van der Waals surface area contributed by atoms with Gasteiger partial charge >= 0.3 is 5.97 Å². The molecule has 4 nitrogen and oxygen atoms in total. The number of rotatable bonds is 8. The maximum Gasteiger partial charge on any atom is 0.306 e. The van der Waals surface area contributed by atoms with Crippen molar-refractivity contribution >= 4 is 34.6 Å². The maximum absolute atomic E-state index is 12.3. The number of carbonyl (C=O) groups is 2. The number of thiophene rings is 2. The third-order valence-corrected chi connectivity index (χ3v) is 5.66. The lowest BCUT2D eigenvalue weighted by molar-refractivity contribution is -0.148. The Hall–Kier alpha value is -2.44. The van der Waals surface area contributed by atoms with Crippen molar-refractivity contribution in [1.82, 2.24) is 5.32 Å². The van der Waals surface area contributed by atoms with Crippen molar-refractivity contribution in [1.29, 1.82) is 0 Å². The molecule has 1 atom stereocenters. The SMILES string of the molecule is O=C(COC(=O)CCc1cccs1)N[C@@H](c1ccccc1)c1cccs1. The second-order valence-electron chi connectivity index (χ2n) is 5.67. The summed E-state index contributed by atoms with van der Waals surface area (Å²) in [5, 5.41) is 6.91. The van der Waals surface area contributed by atoms with Gasteiger partial charge in [0.05, 0.1) is 12.5 Å². The summed E-state index contributed by atoms with van der Waals surface area (Å²) in [5.41, 5.74) is 0.993. The van der Waals surface area contributed by atoms with Gasteiger partial charge in [0.15, 0.2) is 6.61 Å². The number of aryl methyl sites for hydroxylation is 1. The first-order valence-electron chi connectivity index (χ1n) is 8.28. The van der Waals surface area contributed by atoms with Crippen molar-refractivity contribution < 1.29 is 14.3 Å². The number of ether oxygens (including phenoxy) is 1. The average Bonchev–Trinajstić information content (AvgIpc) is 3.37.